The molecule has 1 saturated heterocycles. The lowest BCUT2D eigenvalue weighted by Crippen LogP contribution is -2.43. The fourth-order valence-corrected chi connectivity index (χ4v) is 3.50. The molecule has 1 amide bonds. The highest BCUT2D eigenvalue weighted by Gasteiger charge is 2.21. The molecule has 184 valence electrons. The number of nitrogens with zero attached hydrogens (tertiary/aromatic N) is 1. The first-order valence-corrected chi connectivity index (χ1v) is 11.5. The summed E-state index contributed by atoms with van der Waals surface area (Å²) in [6, 6.07) is 14.9. The molecule has 2 aromatic rings. The third kappa shape index (κ3) is 7.24. The van der Waals surface area contributed by atoms with Gasteiger partial charge >= 0.3 is 0 Å². The number of amides is 1. The molecule has 0 N–H and O–H groups in total. The highest BCUT2D eigenvalue weighted by molar-refractivity contribution is 5.77. The van der Waals surface area contributed by atoms with Crippen molar-refractivity contribution in [3.05, 3.63) is 48.5 Å². The van der Waals surface area contributed by atoms with E-state index in [2.05, 4.69) is 0 Å². The van der Waals surface area contributed by atoms with Crippen LogP contribution in [0.4, 0.5) is 0 Å². The van der Waals surface area contributed by atoms with E-state index in [1.54, 1.807) is 4.90 Å². The molecule has 2 aliphatic heterocycles. The van der Waals surface area contributed by atoms with Gasteiger partial charge in [-0.2, -0.15) is 0 Å². The molecule has 0 saturated carbocycles. The van der Waals surface area contributed by atoms with Crippen molar-refractivity contribution in [1.29, 1.82) is 0 Å². The number of morpholine rings is 1. The van der Waals surface area contributed by atoms with Crippen molar-refractivity contribution in [3.63, 3.8) is 0 Å². The Balaban J connectivity index is 1.44. The number of ether oxygens (including phenoxy) is 7. The van der Waals surface area contributed by atoms with Gasteiger partial charge in [0.1, 0.15) is 39.1 Å². The minimum atomic E-state index is -0.498. The second-order valence-electron chi connectivity index (χ2n) is 7.75. The van der Waals surface area contributed by atoms with Gasteiger partial charge < -0.3 is 38.1 Å². The van der Waals surface area contributed by atoms with E-state index in [1.165, 1.54) is 0 Å². The molecule has 2 heterocycles. The van der Waals surface area contributed by atoms with Gasteiger partial charge in [-0.1, -0.05) is 24.3 Å². The molecule has 1 fully saturated rings. The lowest BCUT2D eigenvalue weighted by atomic mass is 10.3. The van der Waals surface area contributed by atoms with Crippen molar-refractivity contribution >= 4 is 5.91 Å². The molecule has 0 radical (unpaired) electrons. The highest BCUT2D eigenvalue weighted by atomic mass is 16.6. The van der Waals surface area contributed by atoms with Crippen LogP contribution in [0, 0.1) is 0 Å². The Morgan fingerprint density at radius 2 is 1.18 bits per heavy atom. The minimum Gasteiger partial charge on any atom is -0.487 e. The van der Waals surface area contributed by atoms with Crippen LogP contribution in [0.2, 0.25) is 0 Å². The Labute approximate surface area is 199 Å². The fourth-order valence-electron chi connectivity index (χ4n) is 3.50. The largest absolute Gasteiger partial charge is 0.487 e. The van der Waals surface area contributed by atoms with E-state index in [0.29, 0.717) is 75.7 Å². The van der Waals surface area contributed by atoms with Gasteiger partial charge in [0.05, 0.1) is 26.4 Å². The van der Waals surface area contributed by atoms with E-state index in [4.69, 9.17) is 33.2 Å². The van der Waals surface area contributed by atoms with Crippen molar-refractivity contribution in [3.8, 4) is 23.0 Å². The zero-order valence-corrected chi connectivity index (χ0v) is 19.2. The standard InChI is InChI=1S/C25H31NO8/c27-25(26-9-11-28-12-10-26)19-32-20-17-33-23-7-3-1-5-21(23)30-15-13-29-14-16-31-22-6-2-4-8-24(22)34-18-20/h1-8,20H,9-19H2. The highest BCUT2D eigenvalue weighted by Crippen LogP contribution is 2.28. The Morgan fingerprint density at radius 1 is 0.706 bits per heavy atom. The van der Waals surface area contributed by atoms with Crippen molar-refractivity contribution in [2.75, 3.05) is 72.6 Å². The van der Waals surface area contributed by atoms with Crippen LogP contribution in [-0.4, -0.2) is 89.5 Å². The Bertz CT molecular complexity index is 846. The maximum atomic E-state index is 12.6. The van der Waals surface area contributed by atoms with Gasteiger partial charge in [-0.05, 0) is 24.3 Å². The fraction of sp³-hybridized carbons (Fsp3) is 0.480. The summed E-state index contributed by atoms with van der Waals surface area (Å²) in [7, 11) is 0. The van der Waals surface area contributed by atoms with Crippen molar-refractivity contribution in [2.45, 2.75) is 6.10 Å². The van der Waals surface area contributed by atoms with E-state index < -0.39 is 6.10 Å². The predicted molar refractivity (Wildman–Crippen MR) is 123 cm³/mol. The predicted octanol–water partition coefficient (Wildman–Crippen LogP) is 2.18. The van der Waals surface area contributed by atoms with Gasteiger partial charge in [-0.15, -0.1) is 0 Å². The first kappa shape index (κ1) is 24.1. The number of fused-ring (bicyclic) bond motifs is 2. The van der Waals surface area contributed by atoms with Gasteiger partial charge in [0.15, 0.2) is 23.0 Å². The van der Waals surface area contributed by atoms with Crippen LogP contribution in [0.3, 0.4) is 0 Å². The molecule has 0 unspecified atom stereocenters. The Hall–Kier alpha value is -3.01. The van der Waals surface area contributed by atoms with E-state index in [-0.39, 0.29) is 25.7 Å². The number of carbonyl (C=O) groups excluding carboxylic acids is 1. The van der Waals surface area contributed by atoms with E-state index >= 15 is 0 Å². The topological polar surface area (TPSA) is 84.9 Å². The normalized spacial score (nSPS) is 18.3. The van der Waals surface area contributed by atoms with Crippen LogP contribution < -0.4 is 18.9 Å². The van der Waals surface area contributed by atoms with Crippen LogP contribution in [0.15, 0.2) is 48.5 Å². The summed E-state index contributed by atoms with van der Waals surface area (Å²) in [6.45, 7) is 4.12. The third-order valence-electron chi connectivity index (χ3n) is 5.32. The maximum absolute atomic E-state index is 12.6. The molecule has 0 aliphatic carbocycles. The van der Waals surface area contributed by atoms with Crippen molar-refractivity contribution in [1.82, 2.24) is 4.90 Å². The number of hydrogen-bond acceptors (Lipinski definition) is 8. The molecule has 0 atom stereocenters. The van der Waals surface area contributed by atoms with Gasteiger partial charge in [-0.3, -0.25) is 4.79 Å². The average Bonchev–Trinajstić information content (AvgIpc) is 2.88. The molecule has 9 nitrogen and oxygen atoms in total. The van der Waals surface area contributed by atoms with Gasteiger partial charge in [-0.25, -0.2) is 0 Å². The quantitative estimate of drug-likeness (QED) is 0.671. The van der Waals surface area contributed by atoms with Crippen LogP contribution in [0.25, 0.3) is 0 Å². The van der Waals surface area contributed by atoms with Crippen molar-refractivity contribution < 1.29 is 38.0 Å². The molecule has 34 heavy (non-hydrogen) atoms. The number of rotatable bonds is 3. The molecule has 0 bridgehead atoms. The number of carbonyl (C=O) groups is 1. The lowest BCUT2D eigenvalue weighted by Gasteiger charge is -2.27. The van der Waals surface area contributed by atoms with Crippen molar-refractivity contribution in [2.24, 2.45) is 0 Å². The van der Waals surface area contributed by atoms with Crippen LogP contribution in [0.5, 0.6) is 23.0 Å². The Kier molecular flexibility index (Phi) is 9.24. The number of benzene rings is 2. The maximum Gasteiger partial charge on any atom is 0.248 e. The molecular formula is C25H31NO8. The average molecular weight is 474 g/mol. The summed E-state index contributed by atoms with van der Waals surface area (Å²) in [5.74, 6) is 2.33. The molecule has 2 aromatic carbocycles. The zero-order chi connectivity index (χ0) is 23.4. The van der Waals surface area contributed by atoms with E-state index in [0.717, 1.165) is 0 Å². The number of hydrogen-bond donors (Lipinski definition) is 0. The first-order chi connectivity index (χ1) is 16.8. The first-order valence-electron chi connectivity index (χ1n) is 11.5. The van der Waals surface area contributed by atoms with E-state index in [1.807, 2.05) is 48.5 Å². The lowest BCUT2D eigenvalue weighted by molar-refractivity contribution is -0.143. The summed E-state index contributed by atoms with van der Waals surface area (Å²) in [5, 5.41) is 0. The second-order valence-corrected chi connectivity index (χ2v) is 7.75. The van der Waals surface area contributed by atoms with Gasteiger partial charge in [0.2, 0.25) is 5.91 Å². The molecular weight excluding hydrogens is 442 g/mol. The van der Waals surface area contributed by atoms with Crippen LogP contribution >= 0.6 is 0 Å². The number of para-hydroxylation sites is 4. The third-order valence-corrected chi connectivity index (χ3v) is 5.32. The monoisotopic (exact) mass is 473 g/mol. The molecule has 2 aliphatic rings. The SMILES string of the molecule is O=C(COC1COc2ccccc2OCCOCCOc2ccccc2OC1)N1CCOCC1. The summed E-state index contributed by atoms with van der Waals surface area (Å²) in [6.07, 6.45) is -0.498. The zero-order valence-electron chi connectivity index (χ0n) is 19.2. The summed E-state index contributed by atoms with van der Waals surface area (Å²) in [5.41, 5.74) is 0. The summed E-state index contributed by atoms with van der Waals surface area (Å²) in [4.78, 5) is 14.3. The Morgan fingerprint density at radius 3 is 1.71 bits per heavy atom. The minimum absolute atomic E-state index is 0.0645. The molecule has 9 heteroatoms. The van der Waals surface area contributed by atoms with Gasteiger partial charge in [0, 0.05) is 13.1 Å². The van der Waals surface area contributed by atoms with Crippen LogP contribution in [0.1, 0.15) is 0 Å². The van der Waals surface area contributed by atoms with Gasteiger partial charge in [0.25, 0.3) is 0 Å². The van der Waals surface area contributed by atoms with E-state index in [9.17, 15) is 4.79 Å². The molecule has 0 aromatic heterocycles. The summed E-state index contributed by atoms with van der Waals surface area (Å²) >= 11 is 0. The van der Waals surface area contributed by atoms with Crippen LogP contribution in [-0.2, 0) is 19.0 Å². The molecule has 4 rings (SSSR count). The summed E-state index contributed by atoms with van der Waals surface area (Å²) < 4.78 is 40.5. The molecule has 0 spiro atoms. The second kappa shape index (κ2) is 13.0. The smallest absolute Gasteiger partial charge is 0.248 e.